The van der Waals surface area contributed by atoms with Gasteiger partial charge in [0.15, 0.2) is 29.0 Å². The zero-order chi connectivity index (χ0) is 20.8. The van der Waals surface area contributed by atoms with Gasteiger partial charge in [-0.3, -0.25) is 0 Å². The van der Waals surface area contributed by atoms with Crippen LogP contribution in [0.4, 0.5) is 5.69 Å². The standard InChI is InChI=1S/C19H23N5O5/c1-25-15-7-12(8-16(26-2)17(15)27-3)23-19(24-18(20)21)22-9-11-4-5-13-14(6-11)29-10-28-13/h4-8H,9-10H2,1-3H3,(H5,20,21,22,23,24). The molecule has 0 atom stereocenters. The number of rotatable bonds is 6. The molecule has 10 heteroatoms. The molecule has 0 bridgehead atoms. The zero-order valence-corrected chi connectivity index (χ0v) is 16.4. The number of nitrogens with one attached hydrogen (secondary N) is 1. The first kappa shape index (κ1) is 19.9. The first-order chi connectivity index (χ1) is 14.0. The van der Waals surface area contributed by atoms with Gasteiger partial charge in [-0.15, -0.1) is 0 Å². The number of hydrogen-bond donors (Lipinski definition) is 3. The van der Waals surface area contributed by atoms with Crippen molar-refractivity contribution in [1.29, 1.82) is 0 Å². The normalized spacial score (nSPS) is 12.3. The molecule has 0 spiro atoms. The summed E-state index contributed by atoms with van der Waals surface area (Å²) in [5.41, 5.74) is 12.6. The second kappa shape index (κ2) is 8.91. The van der Waals surface area contributed by atoms with Gasteiger partial charge in [0, 0.05) is 17.8 Å². The summed E-state index contributed by atoms with van der Waals surface area (Å²) in [4.78, 5) is 8.51. The van der Waals surface area contributed by atoms with Crippen molar-refractivity contribution in [2.24, 2.45) is 21.5 Å². The maximum absolute atomic E-state index is 5.55. The van der Waals surface area contributed by atoms with E-state index in [9.17, 15) is 0 Å². The fourth-order valence-corrected chi connectivity index (χ4v) is 2.71. The molecule has 1 aliphatic heterocycles. The van der Waals surface area contributed by atoms with Crippen molar-refractivity contribution in [2.45, 2.75) is 6.54 Å². The van der Waals surface area contributed by atoms with Crippen LogP contribution in [0, 0.1) is 0 Å². The second-order valence-electron chi connectivity index (χ2n) is 5.90. The van der Waals surface area contributed by atoms with Crippen molar-refractivity contribution in [3.8, 4) is 28.7 Å². The van der Waals surface area contributed by atoms with Gasteiger partial charge in [-0.1, -0.05) is 6.07 Å². The van der Waals surface area contributed by atoms with E-state index in [1.165, 1.54) is 21.3 Å². The van der Waals surface area contributed by atoms with E-state index in [0.717, 1.165) is 5.56 Å². The van der Waals surface area contributed by atoms with Crippen LogP contribution >= 0.6 is 0 Å². The number of guanidine groups is 2. The van der Waals surface area contributed by atoms with E-state index in [2.05, 4.69) is 15.3 Å². The number of aliphatic imine (C=N–C) groups is 2. The molecule has 3 rings (SSSR count). The minimum Gasteiger partial charge on any atom is -0.493 e. The zero-order valence-electron chi connectivity index (χ0n) is 16.4. The highest BCUT2D eigenvalue weighted by Gasteiger charge is 2.15. The smallest absolute Gasteiger partial charge is 0.231 e. The monoisotopic (exact) mass is 401 g/mol. The molecule has 0 saturated heterocycles. The third-order valence-electron chi connectivity index (χ3n) is 4.00. The maximum Gasteiger partial charge on any atom is 0.231 e. The second-order valence-corrected chi connectivity index (χ2v) is 5.90. The molecular weight excluding hydrogens is 378 g/mol. The van der Waals surface area contributed by atoms with Crippen molar-refractivity contribution in [2.75, 3.05) is 33.4 Å². The lowest BCUT2D eigenvalue weighted by molar-refractivity contribution is 0.174. The highest BCUT2D eigenvalue weighted by molar-refractivity contribution is 6.01. The number of methoxy groups -OCH3 is 3. The van der Waals surface area contributed by atoms with E-state index < -0.39 is 0 Å². The molecule has 0 aliphatic carbocycles. The first-order valence-electron chi connectivity index (χ1n) is 8.63. The van der Waals surface area contributed by atoms with Crippen LogP contribution in [0.2, 0.25) is 0 Å². The van der Waals surface area contributed by atoms with Crippen molar-refractivity contribution < 1.29 is 23.7 Å². The largest absolute Gasteiger partial charge is 0.493 e. The Labute approximate surface area is 168 Å². The van der Waals surface area contributed by atoms with Gasteiger partial charge < -0.3 is 40.5 Å². The number of benzene rings is 2. The molecule has 10 nitrogen and oxygen atoms in total. The average Bonchev–Trinajstić information content (AvgIpc) is 3.18. The Morgan fingerprint density at radius 2 is 1.69 bits per heavy atom. The van der Waals surface area contributed by atoms with E-state index >= 15 is 0 Å². The number of nitrogens with two attached hydrogens (primary N) is 2. The summed E-state index contributed by atoms with van der Waals surface area (Å²) in [5, 5.41) is 3.06. The average molecular weight is 401 g/mol. The molecule has 2 aromatic rings. The van der Waals surface area contributed by atoms with Crippen LogP contribution in [0.5, 0.6) is 28.7 Å². The van der Waals surface area contributed by atoms with Crippen molar-refractivity contribution >= 4 is 17.6 Å². The number of anilines is 1. The summed E-state index contributed by atoms with van der Waals surface area (Å²) >= 11 is 0. The van der Waals surface area contributed by atoms with Gasteiger partial charge in [-0.25, -0.2) is 4.99 Å². The van der Waals surface area contributed by atoms with Gasteiger partial charge in [0.25, 0.3) is 0 Å². The van der Waals surface area contributed by atoms with Gasteiger partial charge in [-0.2, -0.15) is 4.99 Å². The van der Waals surface area contributed by atoms with Crippen LogP contribution in [0.3, 0.4) is 0 Å². The Balaban J connectivity index is 1.86. The molecule has 1 aliphatic rings. The SMILES string of the molecule is COc1cc(NC(N=C(N)N)=NCc2ccc3c(c2)OCO3)cc(OC)c1OC. The highest BCUT2D eigenvalue weighted by atomic mass is 16.7. The molecule has 2 aromatic carbocycles. The Morgan fingerprint density at radius 1 is 1.00 bits per heavy atom. The Bertz CT molecular complexity index is 916. The van der Waals surface area contributed by atoms with Crippen molar-refractivity contribution in [3.63, 3.8) is 0 Å². The lowest BCUT2D eigenvalue weighted by Gasteiger charge is -2.15. The summed E-state index contributed by atoms with van der Waals surface area (Å²) in [6.45, 7) is 0.532. The lowest BCUT2D eigenvalue weighted by atomic mass is 10.2. The van der Waals surface area contributed by atoms with E-state index in [-0.39, 0.29) is 18.7 Å². The number of hydrogen-bond acceptors (Lipinski definition) is 6. The maximum atomic E-state index is 5.55. The van der Waals surface area contributed by atoms with Crippen molar-refractivity contribution in [1.82, 2.24) is 0 Å². The molecule has 0 fully saturated rings. The molecule has 0 unspecified atom stereocenters. The number of ether oxygens (including phenoxy) is 5. The number of nitrogens with zero attached hydrogens (tertiary/aromatic N) is 2. The Hall–Kier alpha value is -3.82. The van der Waals surface area contributed by atoms with Crippen LogP contribution < -0.4 is 40.5 Å². The van der Waals surface area contributed by atoms with Crippen LogP contribution in [0.25, 0.3) is 0 Å². The quantitative estimate of drug-likeness (QED) is 0.491. The van der Waals surface area contributed by atoms with E-state index in [4.69, 9.17) is 35.2 Å². The van der Waals surface area contributed by atoms with E-state index in [1.807, 2.05) is 18.2 Å². The van der Waals surface area contributed by atoms with Gasteiger partial charge in [0.05, 0.1) is 27.9 Å². The Morgan fingerprint density at radius 3 is 2.31 bits per heavy atom. The van der Waals surface area contributed by atoms with Gasteiger partial charge in [0.1, 0.15) is 0 Å². The molecule has 1 heterocycles. The summed E-state index contributed by atoms with van der Waals surface area (Å²) in [6, 6.07) is 9.03. The molecule has 0 aromatic heterocycles. The minimum atomic E-state index is -0.130. The molecule has 5 N–H and O–H groups in total. The molecule has 154 valence electrons. The fourth-order valence-electron chi connectivity index (χ4n) is 2.71. The Kier molecular flexibility index (Phi) is 6.12. The predicted molar refractivity (Wildman–Crippen MR) is 109 cm³/mol. The van der Waals surface area contributed by atoms with E-state index in [0.29, 0.717) is 41.0 Å². The summed E-state index contributed by atoms with van der Waals surface area (Å²) < 4.78 is 26.7. The fraction of sp³-hybridized carbons (Fsp3) is 0.263. The molecule has 0 amide bonds. The summed E-state index contributed by atoms with van der Waals surface area (Å²) in [6.07, 6.45) is 0. The minimum absolute atomic E-state index is 0.130. The summed E-state index contributed by atoms with van der Waals surface area (Å²) in [5.74, 6) is 2.91. The van der Waals surface area contributed by atoms with Crippen molar-refractivity contribution in [3.05, 3.63) is 35.9 Å². The van der Waals surface area contributed by atoms with Crippen LogP contribution in [-0.2, 0) is 6.54 Å². The topological polar surface area (TPSA) is 135 Å². The molecular formula is C19H23N5O5. The van der Waals surface area contributed by atoms with Crippen LogP contribution in [0.1, 0.15) is 5.56 Å². The lowest BCUT2D eigenvalue weighted by Crippen LogP contribution is -2.26. The van der Waals surface area contributed by atoms with Crippen LogP contribution in [0.15, 0.2) is 40.3 Å². The third kappa shape index (κ3) is 4.72. The third-order valence-corrected chi connectivity index (χ3v) is 4.00. The molecule has 29 heavy (non-hydrogen) atoms. The van der Waals surface area contributed by atoms with Gasteiger partial charge >= 0.3 is 0 Å². The molecule has 0 radical (unpaired) electrons. The summed E-state index contributed by atoms with van der Waals surface area (Å²) in [7, 11) is 4.60. The van der Waals surface area contributed by atoms with Gasteiger partial charge in [0.2, 0.25) is 18.5 Å². The predicted octanol–water partition coefficient (Wildman–Crippen LogP) is 1.68. The highest BCUT2D eigenvalue weighted by Crippen LogP contribution is 2.40. The first-order valence-corrected chi connectivity index (χ1v) is 8.63. The van der Waals surface area contributed by atoms with Crippen LogP contribution in [-0.4, -0.2) is 40.0 Å². The van der Waals surface area contributed by atoms with E-state index in [1.54, 1.807) is 12.1 Å². The number of fused-ring (bicyclic) bond motifs is 1. The van der Waals surface area contributed by atoms with Gasteiger partial charge in [-0.05, 0) is 17.7 Å². The molecule has 0 saturated carbocycles.